The Labute approximate surface area is 104 Å². The van der Waals surface area contributed by atoms with Crippen molar-refractivity contribution >= 4 is 0 Å². The second-order valence-corrected chi connectivity index (χ2v) is 4.91. The summed E-state index contributed by atoms with van der Waals surface area (Å²) in [5.74, 6) is 0.808. The molecule has 2 N–H and O–H groups in total. The van der Waals surface area contributed by atoms with Gasteiger partial charge in [0.1, 0.15) is 5.75 Å². The molecule has 0 aliphatic rings. The van der Waals surface area contributed by atoms with Crippen LogP contribution in [0.2, 0.25) is 0 Å². The number of benzene rings is 1. The number of ether oxygens (including phenoxy) is 1. The van der Waals surface area contributed by atoms with Crippen molar-refractivity contribution in [2.24, 2.45) is 0 Å². The van der Waals surface area contributed by atoms with E-state index >= 15 is 0 Å². The van der Waals surface area contributed by atoms with E-state index in [1.807, 2.05) is 24.3 Å². The van der Waals surface area contributed by atoms with E-state index in [0.717, 1.165) is 17.7 Å². The largest absolute Gasteiger partial charge is 0.497 e. The Morgan fingerprint density at radius 2 is 1.88 bits per heavy atom. The highest BCUT2D eigenvalue weighted by atomic mass is 16.5. The maximum Gasteiger partial charge on any atom is 0.118 e. The zero-order valence-corrected chi connectivity index (χ0v) is 11.2. The first-order valence-electron chi connectivity index (χ1n) is 6.05. The molecule has 0 heterocycles. The summed E-state index contributed by atoms with van der Waals surface area (Å²) in [6, 6.07) is 7.52. The molecule has 3 nitrogen and oxygen atoms in total. The monoisotopic (exact) mass is 237 g/mol. The highest BCUT2D eigenvalue weighted by Gasteiger charge is 2.16. The van der Waals surface area contributed by atoms with Gasteiger partial charge < -0.3 is 15.2 Å². The highest BCUT2D eigenvalue weighted by Crippen LogP contribution is 2.18. The number of nitrogens with one attached hydrogen (secondary N) is 1. The molecule has 1 aromatic carbocycles. The molecule has 0 fully saturated rings. The van der Waals surface area contributed by atoms with E-state index in [0.29, 0.717) is 6.54 Å². The fourth-order valence-corrected chi connectivity index (χ4v) is 1.44. The first-order valence-corrected chi connectivity index (χ1v) is 6.05. The molecule has 0 radical (unpaired) electrons. The lowest BCUT2D eigenvalue weighted by Gasteiger charge is -2.26. The lowest BCUT2D eigenvalue weighted by molar-refractivity contribution is 0.160. The fourth-order valence-electron chi connectivity index (χ4n) is 1.44. The first kappa shape index (κ1) is 14.0. The van der Waals surface area contributed by atoms with Gasteiger partial charge in [-0.15, -0.1) is 0 Å². The normalized spacial score (nSPS) is 13.5. The minimum absolute atomic E-state index is 0.0629. The summed E-state index contributed by atoms with van der Waals surface area (Å²) < 4.78 is 5.08. The molecule has 0 amide bonds. The minimum Gasteiger partial charge on any atom is -0.497 e. The maximum atomic E-state index is 10.0. The van der Waals surface area contributed by atoms with Crippen LogP contribution in [-0.2, 0) is 0 Å². The molecular weight excluding hydrogens is 214 g/mol. The van der Waals surface area contributed by atoms with Crippen molar-refractivity contribution < 1.29 is 9.84 Å². The van der Waals surface area contributed by atoms with E-state index in [9.17, 15) is 5.11 Å². The Hall–Kier alpha value is -1.06. The summed E-state index contributed by atoms with van der Waals surface area (Å²) in [6.07, 6.45) is 0.550. The van der Waals surface area contributed by atoms with Crippen LogP contribution in [0.1, 0.15) is 38.9 Å². The molecule has 1 aromatic rings. The number of aliphatic hydroxyl groups excluding tert-OH is 1. The summed E-state index contributed by atoms with van der Waals surface area (Å²) in [5, 5.41) is 13.4. The summed E-state index contributed by atoms with van der Waals surface area (Å²) in [6.45, 7) is 6.96. The van der Waals surface area contributed by atoms with Gasteiger partial charge in [0.15, 0.2) is 0 Å². The standard InChI is InChI=1S/C14H23NO2/c1-5-14(2,3)15-10-13(16)11-6-8-12(17-4)9-7-11/h6-9,13,15-16H,5,10H2,1-4H3. The van der Waals surface area contributed by atoms with Crippen LogP contribution in [0.3, 0.4) is 0 Å². The number of hydrogen-bond donors (Lipinski definition) is 2. The van der Waals surface area contributed by atoms with Crippen LogP contribution in [0.4, 0.5) is 0 Å². The van der Waals surface area contributed by atoms with Gasteiger partial charge in [-0.05, 0) is 38.0 Å². The Morgan fingerprint density at radius 1 is 1.29 bits per heavy atom. The number of rotatable bonds is 6. The highest BCUT2D eigenvalue weighted by molar-refractivity contribution is 5.28. The second-order valence-electron chi connectivity index (χ2n) is 4.91. The predicted octanol–water partition coefficient (Wildman–Crippen LogP) is 2.51. The molecule has 0 spiro atoms. The van der Waals surface area contributed by atoms with E-state index in [1.54, 1.807) is 7.11 Å². The van der Waals surface area contributed by atoms with Crippen LogP contribution in [0.5, 0.6) is 5.75 Å². The quantitative estimate of drug-likeness (QED) is 0.798. The van der Waals surface area contributed by atoms with Gasteiger partial charge in [-0.1, -0.05) is 19.1 Å². The molecule has 0 aromatic heterocycles. The molecular formula is C14H23NO2. The predicted molar refractivity (Wildman–Crippen MR) is 70.3 cm³/mol. The molecule has 0 bridgehead atoms. The topological polar surface area (TPSA) is 41.5 Å². The molecule has 0 aliphatic heterocycles. The van der Waals surface area contributed by atoms with Crippen molar-refractivity contribution in [1.29, 1.82) is 0 Å². The van der Waals surface area contributed by atoms with E-state index in [2.05, 4.69) is 26.1 Å². The zero-order valence-electron chi connectivity index (χ0n) is 11.2. The number of β-amino-alcohol motifs (C(OH)–C–C–N with tert-alkyl or cyclic N) is 1. The molecule has 3 heteroatoms. The molecule has 96 valence electrons. The van der Waals surface area contributed by atoms with Crippen LogP contribution < -0.4 is 10.1 Å². The number of hydrogen-bond acceptors (Lipinski definition) is 3. The summed E-state index contributed by atoms with van der Waals surface area (Å²) in [5.41, 5.74) is 0.971. The van der Waals surface area contributed by atoms with Crippen LogP contribution in [0.25, 0.3) is 0 Å². The lowest BCUT2D eigenvalue weighted by Crippen LogP contribution is -2.40. The van der Waals surface area contributed by atoms with Crippen molar-refractivity contribution in [2.75, 3.05) is 13.7 Å². The van der Waals surface area contributed by atoms with E-state index < -0.39 is 6.10 Å². The third-order valence-corrected chi connectivity index (χ3v) is 3.16. The third kappa shape index (κ3) is 4.36. The van der Waals surface area contributed by atoms with Gasteiger partial charge in [0.2, 0.25) is 0 Å². The van der Waals surface area contributed by atoms with Crippen molar-refractivity contribution in [3.05, 3.63) is 29.8 Å². The average molecular weight is 237 g/mol. The molecule has 0 aliphatic carbocycles. The molecule has 1 unspecified atom stereocenters. The van der Waals surface area contributed by atoms with Crippen molar-refractivity contribution in [1.82, 2.24) is 5.32 Å². The van der Waals surface area contributed by atoms with Crippen LogP contribution in [-0.4, -0.2) is 24.3 Å². The van der Waals surface area contributed by atoms with E-state index in [-0.39, 0.29) is 5.54 Å². The lowest BCUT2D eigenvalue weighted by atomic mass is 10.0. The van der Waals surface area contributed by atoms with E-state index in [4.69, 9.17) is 4.74 Å². The Morgan fingerprint density at radius 3 is 2.35 bits per heavy atom. The van der Waals surface area contributed by atoms with Crippen molar-refractivity contribution in [2.45, 2.75) is 38.8 Å². The van der Waals surface area contributed by atoms with Crippen LogP contribution in [0, 0.1) is 0 Å². The zero-order chi connectivity index (χ0) is 12.9. The molecule has 0 saturated carbocycles. The second kappa shape index (κ2) is 6.03. The molecule has 1 rings (SSSR count). The fraction of sp³-hybridized carbons (Fsp3) is 0.571. The Balaban J connectivity index is 2.54. The average Bonchev–Trinajstić information content (AvgIpc) is 2.36. The first-order chi connectivity index (χ1) is 7.98. The van der Waals surface area contributed by atoms with Crippen LogP contribution >= 0.6 is 0 Å². The van der Waals surface area contributed by atoms with Crippen molar-refractivity contribution in [3.8, 4) is 5.75 Å². The smallest absolute Gasteiger partial charge is 0.118 e. The van der Waals surface area contributed by atoms with Gasteiger partial charge >= 0.3 is 0 Å². The Kier molecular flexibility index (Phi) is 4.97. The van der Waals surface area contributed by atoms with E-state index in [1.165, 1.54) is 0 Å². The Bertz CT molecular complexity index is 333. The summed E-state index contributed by atoms with van der Waals surface area (Å²) >= 11 is 0. The third-order valence-electron chi connectivity index (χ3n) is 3.16. The molecule has 1 atom stereocenters. The summed E-state index contributed by atoms with van der Waals surface area (Å²) in [7, 11) is 1.64. The number of methoxy groups -OCH3 is 1. The van der Waals surface area contributed by atoms with Crippen LogP contribution in [0.15, 0.2) is 24.3 Å². The summed E-state index contributed by atoms with van der Waals surface area (Å²) in [4.78, 5) is 0. The molecule has 0 saturated heterocycles. The van der Waals surface area contributed by atoms with Gasteiger partial charge in [0.05, 0.1) is 13.2 Å². The van der Waals surface area contributed by atoms with Gasteiger partial charge in [-0.2, -0.15) is 0 Å². The van der Waals surface area contributed by atoms with Crippen molar-refractivity contribution in [3.63, 3.8) is 0 Å². The molecule has 17 heavy (non-hydrogen) atoms. The minimum atomic E-state index is -0.480. The number of aliphatic hydroxyl groups is 1. The maximum absolute atomic E-state index is 10.0. The van der Waals surface area contributed by atoms with Gasteiger partial charge in [0.25, 0.3) is 0 Å². The van der Waals surface area contributed by atoms with Gasteiger partial charge in [-0.25, -0.2) is 0 Å². The van der Waals surface area contributed by atoms with Gasteiger partial charge in [-0.3, -0.25) is 0 Å². The van der Waals surface area contributed by atoms with Gasteiger partial charge in [0, 0.05) is 12.1 Å². The SMILES string of the molecule is CCC(C)(C)NCC(O)c1ccc(OC)cc1.